The number of hydrogen-bond acceptors (Lipinski definition) is 1. The Morgan fingerprint density at radius 2 is 1.81 bits per heavy atom. The van der Waals surface area contributed by atoms with Gasteiger partial charge in [-0.25, -0.2) is 0 Å². The standard InChI is InChI=1S/C13H10Cl2S/c1-16-11-4-2-3-9(7-11)12-6-5-10(14)8-13(12)15/h2-8H,1H3. The number of rotatable bonds is 2. The van der Waals surface area contributed by atoms with E-state index in [1.54, 1.807) is 17.8 Å². The summed E-state index contributed by atoms with van der Waals surface area (Å²) in [4.78, 5) is 1.23. The van der Waals surface area contributed by atoms with Gasteiger partial charge in [-0.2, -0.15) is 0 Å². The Morgan fingerprint density at radius 3 is 2.50 bits per heavy atom. The lowest BCUT2D eigenvalue weighted by atomic mass is 10.1. The molecule has 3 heteroatoms. The van der Waals surface area contributed by atoms with E-state index in [2.05, 4.69) is 24.5 Å². The van der Waals surface area contributed by atoms with Crippen molar-refractivity contribution in [2.75, 3.05) is 6.26 Å². The van der Waals surface area contributed by atoms with Gasteiger partial charge >= 0.3 is 0 Å². The van der Waals surface area contributed by atoms with Crippen molar-refractivity contribution >= 4 is 35.0 Å². The quantitative estimate of drug-likeness (QED) is 0.659. The molecule has 0 saturated carbocycles. The zero-order valence-electron chi connectivity index (χ0n) is 8.71. The van der Waals surface area contributed by atoms with Crippen LogP contribution in [0.2, 0.25) is 10.0 Å². The topological polar surface area (TPSA) is 0 Å². The molecule has 0 bridgehead atoms. The van der Waals surface area contributed by atoms with E-state index in [0.717, 1.165) is 11.1 Å². The van der Waals surface area contributed by atoms with Crippen LogP contribution in [0, 0.1) is 0 Å². The molecule has 82 valence electrons. The van der Waals surface area contributed by atoms with Crippen LogP contribution in [0.5, 0.6) is 0 Å². The molecule has 0 unspecified atom stereocenters. The highest BCUT2D eigenvalue weighted by molar-refractivity contribution is 7.98. The van der Waals surface area contributed by atoms with Gasteiger partial charge in [0, 0.05) is 20.5 Å². The molecule has 0 aliphatic carbocycles. The summed E-state index contributed by atoms with van der Waals surface area (Å²) in [6, 6.07) is 13.9. The van der Waals surface area contributed by atoms with Crippen LogP contribution in [-0.2, 0) is 0 Å². The van der Waals surface area contributed by atoms with Crippen molar-refractivity contribution < 1.29 is 0 Å². The number of halogens is 2. The van der Waals surface area contributed by atoms with Crippen LogP contribution in [0.4, 0.5) is 0 Å². The minimum atomic E-state index is 0.662. The second-order valence-electron chi connectivity index (χ2n) is 3.36. The molecule has 16 heavy (non-hydrogen) atoms. The molecule has 0 aliphatic heterocycles. The van der Waals surface area contributed by atoms with Crippen LogP contribution < -0.4 is 0 Å². The summed E-state index contributed by atoms with van der Waals surface area (Å²) in [6.45, 7) is 0. The maximum absolute atomic E-state index is 6.17. The molecule has 0 nitrogen and oxygen atoms in total. The van der Waals surface area contributed by atoms with Crippen molar-refractivity contribution in [3.63, 3.8) is 0 Å². The van der Waals surface area contributed by atoms with E-state index in [1.165, 1.54) is 4.90 Å². The largest absolute Gasteiger partial charge is 0.130 e. The minimum absolute atomic E-state index is 0.662. The molecule has 0 spiro atoms. The third-order valence-electron chi connectivity index (χ3n) is 2.31. The molecule has 0 aromatic heterocycles. The molecule has 2 aromatic carbocycles. The van der Waals surface area contributed by atoms with Crippen LogP contribution in [-0.4, -0.2) is 6.26 Å². The molecule has 0 amide bonds. The van der Waals surface area contributed by atoms with Gasteiger partial charge in [-0.05, 0) is 36.1 Å². The smallest absolute Gasteiger partial charge is 0.0499 e. The molecule has 0 fully saturated rings. The predicted molar refractivity (Wildman–Crippen MR) is 73.7 cm³/mol. The molecule has 0 atom stereocenters. The van der Waals surface area contributed by atoms with Crippen molar-refractivity contribution in [3.05, 3.63) is 52.5 Å². The Balaban J connectivity index is 2.49. The Hall–Kier alpha value is -0.630. The zero-order chi connectivity index (χ0) is 11.5. The SMILES string of the molecule is CSc1cccc(-c2ccc(Cl)cc2Cl)c1. The van der Waals surface area contributed by atoms with Gasteiger partial charge in [-0.15, -0.1) is 11.8 Å². The van der Waals surface area contributed by atoms with Crippen LogP contribution in [0.15, 0.2) is 47.4 Å². The van der Waals surface area contributed by atoms with Gasteiger partial charge in [0.2, 0.25) is 0 Å². The second-order valence-corrected chi connectivity index (χ2v) is 5.08. The van der Waals surface area contributed by atoms with E-state index in [-0.39, 0.29) is 0 Å². The Morgan fingerprint density at radius 1 is 1.00 bits per heavy atom. The molecule has 2 aromatic rings. The summed E-state index contributed by atoms with van der Waals surface area (Å²) in [5.74, 6) is 0. The van der Waals surface area contributed by atoms with E-state index in [9.17, 15) is 0 Å². The number of hydrogen-bond donors (Lipinski definition) is 0. The first kappa shape index (κ1) is 11.8. The van der Waals surface area contributed by atoms with E-state index >= 15 is 0 Å². The molecular weight excluding hydrogens is 259 g/mol. The first-order valence-electron chi connectivity index (χ1n) is 4.80. The Labute approximate surface area is 110 Å². The number of thioether (sulfide) groups is 1. The summed E-state index contributed by atoms with van der Waals surface area (Å²) in [7, 11) is 0. The lowest BCUT2D eigenvalue weighted by Crippen LogP contribution is -1.80. The van der Waals surface area contributed by atoms with Gasteiger partial charge < -0.3 is 0 Å². The number of benzene rings is 2. The van der Waals surface area contributed by atoms with E-state index in [0.29, 0.717) is 10.0 Å². The Kier molecular flexibility index (Phi) is 3.80. The summed E-state index contributed by atoms with van der Waals surface area (Å²) in [5.41, 5.74) is 2.13. The summed E-state index contributed by atoms with van der Waals surface area (Å²) >= 11 is 13.8. The minimum Gasteiger partial charge on any atom is -0.130 e. The first-order valence-corrected chi connectivity index (χ1v) is 6.78. The summed E-state index contributed by atoms with van der Waals surface area (Å²) in [6.07, 6.45) is 2.06. The van der Waals surface area contributed by atoms with Gasteiger partial charge in [0.15, 0.2) is 0 Å². The van der Waals surface area contributed by atoms with Gasteiger partial charge in [0.05, 0.1) is 0 Å². The van der Waals surface area contributed by atoms with Crippen molar-refractivity contribution in [1.82, 2.24) is 0 Å². The molecule has 0 N–H and O–H groups in total. The van der Waals surface area contributed by atoms with Gasteiger partial charge in [-0.1, -0.05) is 41.4 Å². The lowest BCUT2D eigenvalue weighted by molar-refractivity contribution is 1.46. The highest BCUT2D eigenvalue weighted by Gasteiger charge is 2.04. The van der Waals surface area contributed by atoms with E-state index < -0.39 is 0 Å². The molecule has 0 radical (unpaired) electrons. The maximum atomic E-state index is 6.17. The predicted octanol–water partition coefficient (Wildman–Crippen LogP) is 5.38. The van der Waals surface area contributed by atoms with Crippen LogP contribution in [0.3, 0.4) is 0 Å². The molecule has 0 heterocycles. The van der Waals surface area contributed by atoms with E-state index in [4.69, 9.17) is 23.2 Å². The summed E-state index contributed by atoms with van der Waals surface area (Å²) < 4.78 is 0. The molecule has 0 saturated heterocycles. The Bertz CT molecular complexity index is 509. The third kappa shape index (κ3) is 2.54. The lowest BCUT2D eigenvalue weighted by Gasteiger charge is -2.06. The van der Waals surface area contributed by atoms with Crippen molar-refractivity contribution in [2.24, 2.45) is 0 Å². The third-order valence-corrected chi connectivity index (χ3v) is 3.59. The average molecular weight is 269 g/mol. The van der Waals surface area contributed by atoms with Crippen molar-refractivity contribution in [1.29, 1.82) is 0 Å². The average Bonchev–Trinajstić information content (AvgIpc) is 2.29. The van der Waals surface area contributed by atoms with Gasteiger partial charge in [0.1, 0.15) is 0 Å². The van der Waals surface area contributed by atoms with Crippen molar-refractivity contribution in [2.45, 2.75) is 4.90 Å². The molecular formula is C13H10Cl2S. The first-order chi connectivity index (χ1) is 7.70. The van der Waals surface area contributed by atoms with Crippen molar-refractivity contribution in [3.8, 4) is 11.1 Å². The molecule has 0 aliphatic rings. The van der Waals surface area contributed by atoms with Crippen LogP contribution in [0.1, 0.15) is 0 Å². The normalized spacial score (nSPS) is 10.4. The monoisotopic (exact) mass is 268 g/mol. The highest BCUT2D eigenvalue weighted by Crippen LogP contribution is 2.31. The van der Waals surface area contributed by atoms with Crippen LogP contribution in [0.25, 0.3) is 11.1 Å². The summed E-state index contributed by atoms with van der Waals surface area (Å²) in [5, 5.41) is 1.35. The van der Waals surface area contributed by atoms with Gasteiger partial charge in [0.25, 0.3) is 0 Å². The fraction of sp³-hybridized carbons (Fsp3) is 0.0769. The molecule has 2 rings (SSSR count). The van der Waals surface area contributed by atoms with Crippen LogP contribution >= 0.6 is 35.0 Å². The fourth-order valence-corrected chi connectivity index (χ4v) is 2.49. The van der Waals surface area contributed by atoms with Gasteiger partial charge in [-0.3, -0.25) is 0 Å². The maximum Gasteiger partial charge on any atom is 0.0499 e. The zero-order valence-corrected chi connectivity index (χ0v) is 11.0. The van der Waals surface area contributed by atoms with E-state index in [1.807, 2.05) is 18.2 Å². The second kappa shape index (κ2) is 5.13. The highest BCUT2D eigenvalue weighted by atomic mass is 35.5. The fourth-order valence-electron chi connectivity index (χ4n) is 1.51.